The van der Waals surface area contributed by atoms with Gasteiger partial charge in [0, 0.05) is 17.9 Å². The van der Waals surface area contributed by atoms with Crippen LogP contribution in [0.25, 0.3) is 22.4 Å². The van der Waals surface area contributed by atoms with E-state index in [2.05, 4.69) is 6.92 Å². The molecule has 2 heterocycles. The minimum atomic E-state index is 0.0125. The highest BCUT2D eigenvalue weighted by Gasteiger charge is 2.15. The van der Waals surface area contributed by atoms with Crippen LogP contribution in [0.3, 0.4) is 0 Å². The Morgan fingerprint density at radius 3 is 2.59 bits per heavy atom. The number of thioether (sulfide) groups is 1. The summed E-state index contributed by atoms with van der Waals surface area (Å²) in [4.78, 5) is 22.5. The Morgan fingerprint density at radius 1 is 1.06 bits per heavy atom. The number of aromatic nitrogens is 3. The van der Waals surface area contributed by atoms with Crippen molar-refractivity contribution in [2.45, 2.75) is 51.1 Å². The van der Waals surface area contributed by atoms with Crippen LogP contribution in [0.4, 0.5) is 0 Å². The smallest absolute Gasteiger partial charge is 0.262 e. The Balaban J connectivity index is 1.59. The molecule has 166 valence electrons. The van der Waals surface area contributed by atoms with E-state index in [1.165, 1.54) is 11.8 Å². The van der Waals surface area contributed by atoms with Gasteiger partial charge in [-0.05, 0) is 56.7 Å². The summed E-state index contributed by atoms with van der Waals surface area (Å²) in [6.07, 6.45) is 1.94. The summed E-state index contributed by atoms with van der Waals surface area (Å²) in [5.74, 6) is 2.74. The van der Waals surface area contributed by atoms with Gasteiger partial charge in [0.05, 0.1) is 23.2 Å². The maximum absolute atomic E-state index is 13.1. The first-order valence-electron chi connectivity index (χ1n) is 10.9. The predicted octanol–water partition coefficient (Wildman–Crippen LogP) is 5.85. The Kier molecular flexibility index (Phi) is 6.95. The number of nitrogens with zero attached hydrogens (tertiary/aromatic N) is 3. The molecule has 0 amide bonds. The fourth-order valence-electron chi connectivity index (χ4n) is 3.45. The Labute approximate surface area is 191 Å². The van der Waals surface area contributed by atoms with Gasteiger partial charge in [-0.1, -0.05) is 37.2 Å². The van der Waals surface area contributed by atoms with Gasteiger partial charge >= 0.3 is 0 Å². The van der Waals surface area contributed by atoms with Crippen LogP contribution in [0.5, 0.6) is 5.75 Å². The molecule has 0 atom stereocenters. The van der Waals surface area contributed by atoms with Crippen molar-refractivity contribution in [3.05, 3.63) is 70.3 Å². The number of unbranched alkanes of at least 4 members (excludes halogenated alkanes) is 1. The second-order valence-corrected chi connectivity index (χ2v) is 8.43. The molecule has 0 spiro atoms. The minimum Gasteiger partial charge on any atom is -0.494 e. The number of hydrogen-bond acceptors (Lipinski definition) is 6. The zero-order valence-electron chi connectivity index (χ0n) is 18.6. The number of fused-ring (bicyclic) bond motifs is 1. The van der Waals surface area contributed by atoms with Gasteiger partial charge in [0.2, 0.25) is 5.89 Å². The van der Waals surface area contributed by atoms with Gasteiger partial charge in [-0.25, -0.2) is 9.97 Å². The van der Waals surface area contributed by atoms with Gasteiger partial charge in [-0.15, -0.1) is 0 Å². The van der Waals surface area contributed by atoms with Crippen LogP contribution in [0, 0.1) is 6.92 Å². The highest BCUT2D eigenvalue weighted by Crippen LogP contribution is 2.28. The van der Waals surface area contributed by atoms with E-state index in [-0.39, 0.29) is 5.56 Å². The highest BCUT2D eigenvalue weighted by molar-refractivity contribution is 7.98. The van der Waals surface area contributed by atoms with Crippen molar-refractivity contribution < 1.29 is 9.15 Å². The molecule has 0 unspecified atom stereocenters. The molecule has 0 aliphatic heterocycles. The van der Waals surface area contributed by atoms with Crippen LogP contribution >= 0.6 is 11.8 Å². The van der Waals surface area contributed by atoms with Gasteiger partial charge in [0.15, 0.2) is 5.16 Å². The van der Waals surface area contributed by atoms with Crippen LogP contribution in [0.1, 0.15) is 38.1 Å². The first kappa shape index (κ1) is 22.1. The standard InChI is InChI=1S/C25H27N3O3S/c1-4-6-15-28-24(29)20-9-7-8-10-21(20)27-25(28)32-16-22-17(3)31-23(26-22)18-11-13-19(14-12-18)30-5-2/h7-14H,4-6,15-16H2,1-3H3. The van der Waals surface area contributed by atoms with Gasteiger partial charge in [0.25, 0.3) is 5.56 Å². The molecule has 0 saturated heterocycles. The Hall–Kier alpha value is -3.06. The molecule has 32 heavy (non-hydrogen) atoms. The zero-order chi connectivity index (χ0) is 22.5. The molecule has 2 aromatic carbocycles. The summed E-state index contributed by atoms with van der Waals surface area (Å²) in [7, 11) is 0. The molecular formula is C25H27N3O3S. The molecule has 0 fully saturated rings. The minimum absolute atomic E-state index is 0.0125. The van der Waals surface area contributed by atoms with E-state index >= 15 is 0 Å². The molecule has 0 aliphatic carbocycles. The molecule has 7 heteroatoms. The van der Waals surface area contributed by atoms with Crippen molar-refractivity contribution in [1.82, 2.24) is 14.5 Å². The van der Waals surface area contributed by atoms with Gasteiger partial charge in [-0.2, -0.15) is 0 Å². The number of ether oxygens (including phenoxy) is 1. The fraction of sp³-hybridized carbons (Fsp3) is 0.320. The molecule has 0 radical (unpaired) electrons. The first-order valence-corrected chi connectivity index (χ1v) is 11.9. The maximum Gasteiger partial charge on any atom is 0.262 e. The van der Waals surface area contributed by atoms with E-state index in [1.807, 2.05) is 62.4 Å². The summed E-state index contributed by atoms with van der Waals surface area (Å²) in [6, 6.07) is 15.2. The normalized spacial score (nSPS) is 11.2. The summed E-state index contributed by atoms with van der Waals surface area (Å²) >= 11 is 1.52. The summed E-state index contributed by atoms with van der Waals surface area (Å²) in [5, 5.41) is 1.37. The third-order valence-electron chi connectivity index (χ3n) is 5.20. The van der Waals surface area contributed by atoms with Crippen molar-refractivity contribution >= 4 is 22.7 Å². The first-order chi connectivity index (χ1) is 15.6. The van der Waals surface area contributed by atoms with Crippen LogP contribution in [0.2, 0.25) is 0 Å². The molecule has 0 N–H and O–H groups in total. The molecular weight excluding hydrogens is 422 g/mol. The summed E-state index contributed by atoms with van der Waals surface area (Å²) in [5.41, 5.74) is 2.48. The summed E-state index contributed by atoms with van der Waals surface area (Å²) < 4.78 is 13.2. The lowest BCUT2D eigenvalue weighted by atomic mass is 10.2. The van der Waals surface area contributed by atoms with E-state index in [0.717, 1.165) is 41.1 Å². The number of aryl methyl sites for hydroxylation is 1. The largest absolute Gasteiger partial charge is 0.494 e. The van der Waals surface area contributed by atoms with Gasteiger partial charge in [0.1, 0.15) is 11.5 Å². The molecule has 4 aromatic rings. The van der Waals surface area contributed by atoms with E-state index in [1.54, 1.807) is 4.57 Å². The topological polar surface area (TPSA) is 70.2 Å². The lowest BCUT2D eigenvalue weighted by Crippen LogP contribution is -2.23. The van der Waals surface area contributed by atoms with Crippen molar-refractivity contribution in [1.29, 1.82) is 0 Å². The third-order valence-corrected chi connectivity index (χ3v) is 6.19. The number of rotatable bonds is 9. The third kappa shape index (κ3) is 4.72. The number of hydrogen-bond donors (Lipinski definition) is 0. The van der Waals surface area contributed by atoms with Crippen molar-refractivity contribution in [2.75, 3.05) is 6.61 Å². The number of para-hydroxylation sites is 1. The Morgan fingerprint density at radius 2 is 1.84 bits per heavy atom. The van der Waals surface area contributed by atoms with Crippen LogP contribution < -0.4 is 10.3 Å². The lowest BCUT2D eigenvalue weighted by Gasteiger charge is -2.12. The van der Waals surface area contributed by atoms with E-state index in [4.69, 9.17) is 19.1 Å². The zero-order valence-corrected chi connectivity index (χ0v) is 19.4. The molecule has 0 bridgehead atoms. The molecule has 0 saturated carbocycles. The van der Waals surface area contributed by atoms with Crippen molar-refractivity contribution in [2.24, 2.45) is 0 Å². The van der Waals surface area contributed by atoms with Crippen LogP contribution in [-0.2, 0) is 12.3 Å². The second kappa shape index (κ2) is 10.0. The fourth-order valence-corrected chi connectivity index (χ4v) is 4.48. The molecule has 0 aliphatic rings. The van der Waals surface area contributed by atoms with Crippen molar-refractivity contribution in [3.63, 3.8) is 0 Å². The quantitative estimate of drug-likeness (QED) is 0.236. The van der Waals surface area contributed by atoms with Gasteiger partial charge < -0.3 is 9.15 Å². The SMILES string of the molecule is CCCCn1c(SCc2nc(-c3ccc(OCC)cc3)oc2C)nc2ccccc2c1=O. The maximum atomic E-state index is 13.1. The predicted molar refractivity (Wildman–Crippen MR) is 128 cm³/mol. The lowest BCUT2D eigenvalue weighted by molar-refractivity contribution is 0.340. The number of oxazole rings is 1. The average molecular weight is 450 g/mol. The molecule has 6 nitrogen and oxygen atoms in total. The highest BCUT2D eigenvalue weighted by atomic mass is 32.2. The van der Waals surface area contributed by atoms with E-state index < -0.39 is 0 Å². The summed E-state index contributed by atoms with van der Waals surface area (Å²) in [6.45, 7) is 7.28. The van der Waals surface area contributed by atoms with Crippen LogP contribution in [0.15, 0.2) is 62.9 Å². The number of benzene rings is 2. The van der Waals surface area contributed by atoms with Crippen LogP contribution in [-0.4, -0.2) is 21.1 Å². The van der Waals surface area contributed by atoms with Gasteiger partial charge in [-0.3, -0.25) is 9.36 Å². The van der Waals surface area contributed by atoms with Crippen molar-refractivity contribution in [3.8, 4) is 17.2 Å². The monoisotopic (exact) mass is 449 g/mol. The van der Waals surface area contributed by atoms with E-state index in [9.17, 15) is 4.79 Å². The molecule has 4 rings (SSSR count). The second-order valence-electron chi connectivity index (χ2n) is 7.49. The van der Waals surface area contributed by atoms with E-state index in [0.29, 0.717) is 35.3 Å². The average Bonchev–Trinajstić information content (AvgIpc) is 3.18. The Bertz CT molecular complexity index is 1260. The molecule has 2 aromatic heterocycles.